The quantitative estimate of drug-likeness (QED) is 0.790. The van der Waals surface area contributed by atoms with Crippen LogP contribution in [0.25, 0.3) is 0 Å². The summed E-state index contributed by atoms with van der Waals surface area (Å²) >= 11 is 0. The number of benzene rings is 1. The number of hydrogen-bond acceptors (Lipinski definition) is 6. The third-order valence-corrected chi connectivity index (χ3v) is 5.13. The van der Waals surface area contributed by atoms with Gasteiger partial charge in [0, 0.05) is 25.3 Å². The Morgan fingerprint density at radius 2 is 2.04 bits per heavy atom. The second-order valence-electron chi connectivity index (χ2n) is 6.87. The molecule has 7 nitrogen and oxygen atoms in total. The Bertz CT molecular complexity index is 812. The van der Waals surface area contributed by atoms with Gasteiger partial charge in [-0.1, -0.05) is 13.0 Å². The molecule has 2 heterocycles. The van der Waals surface area contributed by atoms with Crippen molar-refractivity contribution in [3.8, 4) is 11.5 Å². The molecule has 0 spiro atoms. The van der Waals surface area contributed by atoms with Gasteiger partial charge < -0.3 is 19.7 Å². The molecule has 0 radical (unpaired) electrons. The molecular weight excluding hydrogens is 356 g/mol. The van der Waals surface area contributed by atoms with E-state index in [9.17, 15) is 4.79 Å². The highest BCUT2D eigenvalue weighted by Crippen LogP contribution is 2.27. The first-order chi connectivity index (χ1) is 13.7. The van der Waals surface area contributed by atoms with Crippen LogP contribution in [-0.2, 0) is 6.54 Å². The first kappa shape index (κ1) is 19.9. The summed E-state index contributed by atoms with van der Waals surface area (Å²) in [5, 5.41) is 2.92. The number of nitrogens with one attached hydrogen (secondary N) is 1. The summed E-state index contributed by atoms with van der Waals surface area (Å²) in [7, 11) is 3.18. The molecule has 1 unspecified atom stereocenters. The highest BCUT2D eigenvalue weighted by Gasteiger charge is 2.23. The van der Waals surface area contributed by atoms with Crippen LogP contribution in [0.15, 0.2) is 30.5 Å². The van der Waals surface area contributed by atoms with E-state index in [0.29, 0.717) is 35.7 Å². The Morgan fingerprint density at radius 3 is 2.79 bits per heavy atom. The van der Waals surface area contributed by atoms with E-state index in [1.165, 1.54) is 6.42 Å². The molecule has 0 bridgehead atoms. The number of aromatic nitrogens is 2. The van der Waals surface area contributed by atoms with E-state index >= 15 is 0 Å². The third-order valence-electron chi connectivity index (χ3n) is 5.13. The number of piperidine rings is 1. The zero-order valence-electron chi connectivity index (χ0n) is 16.8. The van der Waals surface area contributed by atoms with Crippen molar-refractivity contribution in [3.63, 3.8) is 0 Å². The summed E-state index contributed by atoms with van der Waals surface area (Å²) in [6.45, 7) is 3.50. The van der Waals surface area contributed by atoms with Crippen molar-refractivity contribution in [2.75, 3.05) is 25.7 Å². The largest absolute Gasteiger partial charge is 0.493 e. The van der Waals surface area contributed by atoms with Crippen molar-refractivity contribution >= 4 is 11.9 Å². The van der Waals surface area contributed by atoms with Crippen molar-refractivity contribution < 1.29 is 14.3 Å². The van der Waals surface area contributed by atoms with Gasteiger partial charge in [-0.3, -0.25) is 4.79 Å². The average Bonchev–Trinajstić information content (AvgIpc) is 2.77. The third kappa shape index (κ3) is 4.52. The second kappa shape index (κ2) is 9.39. The summed E-state index contributed by atoms with van der Waals surface area (Å²) < 4.78 is 10.5. The van der Waals surface area contributed by atoms with Crippen molar-refractivity contribution in [1.82, 2.24) is 15.3 Å². The van der Waals surface area contributed by atoms with Crippen LogP contribution in [0.2, 0.25) is 0 Å². The Hall–Kier alpha value is -2.83. The monoisotopic (exact) mass is 384 g/mol. The van der Waals surface area contributed by atoms with Gasteiger partial charge in [-0.05, 0) is 49.4 Å². The molecule has 2 aromatic rings. The highest BCUT2D eigenvalue weighted by molar-refractivity contribution is 5.92. The lowest BCUT2D eigenvalue weighted by Crippen LogP contribution is -2.40. The molecule has 3 rings (SSSR count). The van der Waals surface area contributed by atoms with E-state index in [0.717, 1.165) is 31.4 Å². The minimum absolute atomic E-state index is 0.219. The predicted octanol–water partition coefficient (Wildman–Crippen LogP) is 3.19. The van der Waals surface area contributed by atoms with Gasteiger partial charge in [-0.25, -0.2) is 9.97 Å². The van der Waals surface area contributed by atoms with Crippen LogP contribution in [0.5, 0.6) is 11.5 Å². The Kier molecular flexibility index (Phi) is 6.68. The number of amides is 1. The first-order valence-electron chi connectivity index (χ1n) is 9.75. The number of ether oxygens (including phenoxy) is 2. The van der Waals surface area contributed by atoms with Crippen LogP contribution >= 0.6 is 0 Å². The average molecular weight is 384 g/mol. The minimum atomic E-state index is -0.219. The van der Waals surface area contributed by atoms with Gasteiger partial charge >= 0.3 is 0 Å². The Balaban J connectivity index is 1.68. The van der Waals surface area contributed by atoms with Crippen molar-refractivity contribution in [3.05, 3.63) is 41.7 Å². The van der Waals surface area contributed by atoms with Gasteiger partial charge in [0.15, 0.2) is 11.5 Å². The zero-order valence-corrected chi connectivity index (χ0v) is 16.8. The number of nitrogens with zero attached hydrogens (tertiary/aromatic N) is 3. The van der Waals surface area contributed by atoms with Crippen LogP contribution in [0, 0.1) is 0 Å². The molecule has 150 valence electrons. The van der Waals surface area contributed by atoms with E-state index in [-0.39, 0.29) is 5.91 Å². The van der Waals surface area contributed by atoms with Gasteiger partial charge in [-0.2, -0.15) is 0 Å². The maximum atomic E-state index is 12.6. The molecule has 1 amide bonds. The molecule has 7 heteroatoms. The molecule has 1 saturated heterocycles. The molecule has 1 aromatic carbocycles. The number of methoxy groups -OCH3 is 2. The topological polar surface area (TPSA) is 76.6 Å². The van der Waals surface area contributed by atoms with E-state index in [4.69, 9.17) is 9.47 Å². The number of hydrogen-bond donors (Lipinski definition) is 1. The van der Waals surface area contributed by atoms with Gasteiger partial charge in [-0.15, -0.1) is 0 Å². The molecule has 1 aliphatic heterocycles. The molecule has 0 saturated carbocycles. The van der Waals surface area contributed by atoms with Crippen molar-refractivity contribution in [2.45, 2.75) is 45.2 Å². The number of rotatable bonds is 7. The molecule has 1 N–H and O–H groups in total. The molecule has 1 fully saturated rings. The molecule has 1 aliphatic rings. The molecule has 0 aliphatic carbocycles. The van der Waals surface area contributed by atoms with Gasteiger partial charge in [0.05, 0.1) is 14.2 Å². The van der Waals surface area contributed by atoms with E-state index < -0.39 is 0 Å². The first-order valence-corrected chi connectivity index (χ1v) is 9.75. The van der Waals surface area contributed by atoms with E-state index in [1.54, 1.807) is 26.5 Å². The smallest absolute Gasteiger partial charge is 0.270 e. The zero-order chi connectivity index (χ0) is 19.9. The summed E-state index contributed by atoms with van der Waals surface area (Å²) in [4.78, 5) is 23.8. The fraction of sp³-hybridized carbons (Fsp3) is 0.476. The summed E-state index contributed by atoms with van der Waals surface area (Å²) in [6.07, 6.45) is 6.24. The van der Waals surface area contributed by atoms with Crippen LogP contribution in [0.1, 0.15) is 48.7 Å². The van der Waals surface area contributed by atoms with Crippen LogP contribution < -0.4 is 19.7 Å². The fourth-order valence-corrected chi connectivity index (χ4v) is 3.57. The lowest BCUT2D eigenvalue weighted by Gasteiger charge is -2.35. The maximum Gasteiger partial charge on any atom is 0.270 e. The molecule has 1 aromatic heterocycles. The number of carbonyl (C=O) groups excluding carboxylic acids is 1. The highest BCUT2D eigenvalue weighted by atomic mass is 16.5. The standard InChI is InChI=1S/C21H28N4O3/c1-4-16-7-5-6-12-25(16)21-22-11-10-17(24-21)20(26)23-14-15-8-9-18(27-2)19(13-15)28-3/h8-11,13,16H,4-7,12,14H2,1-3H3,(H,23,26). The molecule has 28 heavy (non-hydrogen) atoms. The summed E-state index contributed by atoms with van der Waals surface area (Å²) in [6, 6.07) is 7.66. The summed E-state index contributed by atoms with van der Waals surface area (Å²) in [5.41, 5.74) is 1.30. The molecule has 1 atom stereocenters. The minimum Gasteiger partial charge on any atom is -0.493 e. The van der Waals surface area contributed by atoms with Crippen molar-refractivity contribution in [1.29, 1.82) is 0 Å². The lowest BCUT2D eigenvalue weighted by atomic mass is 10.0. The number of anilines is 1. The SMILES string of the molecule is CCC1CCCCN1c1nccc(C(=O)NCc2ccc(OC)c(OC)c2)n1. The lowest BCUT2D eigenvalue weighted by molar-refractivity contribution is 0.0945. The number of carbonyl (C=O) groups is 1. The normalized spacial score (nSPS) is 16.5. The second-order valence-corrected chi connectivity index (χ2v) is 6.87. The Labute approximate surface area is 166 Å². The van der Waals surface area contributed by atoms with E-state index in [1.807, 2.05) is 18.2 Å². The van der Waals surface area contributed by atoms with Gasteiger partial charge in [0.2, 0.25) is 5.95 Å². The van der Waals surface area contributed by atoms with Gasteiger partial charge in [0.25, 0.3) is 5.91 Å². The van der Waals surface area contributed by atoms with Crippen LogP contribution in [0.4, 0.5) is 5.95 Å². The van der Waals surface area contributed by atoms with Crippen LogP contribution in [-0.4, -0.2) is 42.7 Å². The van der Waals surface area contributed by atoms with Crippen LogP contribution in [0.3, 0.4) is 0 Å². The van der Waals surface area contributed by atoms with E-state index in [2.05, 4.69) is 27.1 Å². The molecular formula is C21H28N4O3. The Morgan fingerprint density at radius 1 is 1.21 bits per heavy atom. The summed E-state index contributed by atoms with van der Waals surface area (Å²) in [5.74, 6) is 1.72. The maximum absolute atomic E-state index is 12.6. The predicted molar refractivity (Wildman–Crippen MR) is 108 cm³/mol. The fourth-order valence-electron chi connectivity index (χ4n) is 3.57. The van der Waals surface area contributed by atoms with Crippen molar-refractivity contribution in [2.24, 2.45) is 0 Å². The van der Waals surface area contributed by atoms with Gasteiger partial charge in [0.1, 0.15) is 5.69 Å².